The normalized spacial score (nSPS) is 18.7. The van der Waals surface area contributed by atoms with E-state index in [0.717, 1.165) is 25.1 Å². The molecule has 1 aromatic carbocycles. The van der Waals surface area contributed by atoms with Gasteiger partial charge in [0.2, 0.25) is 5.91 Å². The van der Waals surface area contributed by atoms with E-state index < -0.39 is 0 Å². The van der Waals surface area contributed by atoms with Crippen molar-refractivity contribution in [2.75, 3.05) is 11.9 Å². The van der Waals surface area contributed by atoms with Crippen LogP contribution >= 0.6 is 0 Å². The summed E-state index contributed by atoms with van der Waals surface area (Å²) in [6, 6.07) is 8.20. The summed E-state index contributed by atoms with van der Waals surface area (Å²) in [6.07, 6.45) is 1.77. The van der Waals surface area contributed by atoms with Gasteiger partial charge in [-0.2, -0.15) is 0 Å². The van der Waals surface area contributed by atoms with Crippen molar-refractivity contribution in [3.05, 3.63) is 29.8 Å². The second kappa shape index (κ2) is 5.01. The summed E-state index contributed by atoms with van der Waals surface area (Å²) in [5, 5.41) is 6.46. The Bertz CT molecular complexity index is 440. The van der Waals surface area contributed by atoms with Crippen LogP contribution in [0.25, 0.3) is 0 Å². The highest BCUT2D eigenvalue weighted by molar-refractivity contribution is 5.81. The van der Waals surface area contributed by atoms with Gasteiger partial charge in [-0.05, 0) is 38.3 Å². The number of rotatable bonds is 3. The molecular formula is C15H22N2O. The molecule has 98 valence electrons. The van der Waals surface area contributed by atoms with Crippen molar-refractivity contribution in [2.45, 2.75) is 39.2 Å². The Hall–Kier alpha value is -1.51. The van der Waals surface area contributed by atoms with Gasteiger partial charge in [0.05, 0.1) is 5.92 Å². The Balaban J connectivity index is 2.03. The number of hydrogen-bond acceptors (Lipinski definition) is 2. The van der Waals surface area contributed by atoms with Gasteiger partial charge >= 0.3 is 0 Å². The number of hydrogen-bond donors (Lipinski definition) is 2. The first-order chi connectivity index (χ1) is 8.52. The summed E-state index contributed by atoms with van der Waals surface area (Å²) in [6.45, 7) is 6.95. The Kier molecular flexibility index (Phi) is 3.60. The van der Waals surface area contributed by atoms with Crippen molar-refractivity contribution in [1.82, 2.24) is 5.32 Å². The molecule has 1 aliphatic heterocycles. The number of benzene rings is 1. The molecule has 0 aromatic heterocycles. The predicted octanol–water partition coefficient (Wildman–Crippen LogP) is 2.58. The van der Waals surface area contributed by atoms with E-state index in [1.165, 1.54) is 5.56 Å². The summed E-state index contributed by atoms with van der Waals surface area (Å²) in [5.41, 5.74) is 2.28. The zero-order chi connectivity index (χ0) is 13.2. The first-order valence-corrected chi connectivity index (χ1v) is 6.65. The molecule has 2 rings (SSSR count). The monoisotopic (exact) mass is 246 g/mol. The molecule has 2 N–H and O–H groups in total. The first-order valence-electron chi connectivity index (χ1n) is 6.65. The number of carbonyl (C=O) groups is 1. The third-order valence-electron chi connectivity index (χ3n) is 3.74. The molecule has 0 aliphatic carbocycles. The molecule has 1 aromatic rings. The fraction of sp³-hybridized carbons (Fsp3) is 0.533. The molecule has 1 atom stereocenters. The van der Waals surface area contributed by atoms with Gasteiger partial charge in [-0.3, -0.25) is 4.79 Å². The zero-order valence-electron chi connectivity index (χ0n) is 11.4. The Morgan fingerprint density at radius 2 is 2.17 bits per heavy atom. The average molecular weight is 246 g/mol. The van der Waals surface area contributed by atoms with Crippen LogP contribution in [0.15, 0.2) is 24.3 Å². The summed E-state index contributed by atoms with van der Waals surface area (Å²) in [7, 11) is 0. The van der Waals surface area contributed by atoms with Crippen LogP contribution in [-0.4, -0.2) is 18.0 Å². The summed E-state index contributed by atoms with van der Waals surface area (Å²) >= 11 is 0. The van der Waals surface area contributed by atoms with Gasteiger partial charge in [-0.15, -0.1) is 0 Å². The first kappa shape index (κ1) is 12.9. The molecule has 1 unspecified atom stereocenters. The lowest BCUT2D eigenvalue weighted by molar-refractivity contribution is -0.126. The second-order valence-electron chi connectivity index (χ2n) is 5.67. The summed E-state index contributed by atoms with van der Waals surface area (Å²) in [4.78, 5) is 12.2. The van der Waals surface area contributed by atoms with E-state index in [2.05, 4.69) is 43.5 Å². The largest absolute Gasteiger partial charge is 0.384 e. The number of carbonyl (C=O) groups excluding carboxylic acids is 1. The number of anilines is 1. The molecule has 0 fully saturated rings. The smallest absolute Gasteiger partial charge is 0.225 e. The van der Waals surface area contributed by atoms with Crippen molar-refractivity contribution >= 4 is 11.6 Å². The molecule has 18 heavy (non-hydrogen) atoms. The lowest BCUT2D eigenvalue weighted by Gasteiger charge is -2.30. The van der Waals surface area contributed by atoms with Crippen molar-refractivity contribution in [2.24, 2.45) is 5.92 Å². The van der Waals surface area contributed by atoms with E-state index in [4.69, 9.17) is 0 Å². The molecule has 0 spiro atoms. The van der Waals surface area contributed by atoms with Crippen LogP contribution in [0.3, 0.4) is 0 Å². The number of fused-ring (bicyclic) bond motifs is 1. The highest BCUT2D eigenvalue weighted by Gasteiger charge is 2.27. The van der Waals surface area contributed by atoms with E-state index in [-0.39, 0.29) is 17.4 Å². The van der Waals surface area contributed by atoms with Crippen LogP contribution in [0.2, 0.25) is 0 Å². The number of nitrogens with one attached hydrogen (secondary N) is 2. The predicted molar refractivity (Wildman–Crippen MR) is 74.6 cm³/mol. The van der Waals surface area contributed by atoms with E-state index in [0.29, 0.717) is 0 Å². The van der Waals surface area contributed by atoms with E-state index in [1.54, 1.807) is 0 Å². The van der Waals surface area contributed by atoms with Crippen molar-refractivity contribution < 1.29 is 4.79 Å². The van der Waals surface area contributed by atoms with E-state index in [1.807, 2.05) is 12.1 Å². The number of para-hydroxylation sites is 1. The maximum Gasteiger partial charge on any atom is 0.225 e. The fourth-order valence-electron chi connectivity index (χ4n) is 2.15. The minimum absolute atomic E-state index is 0.0331. The van der Waals surface area contributed by atoms with Crippen LogP contribution in [0, 0.1) is 5.92 Å². The second-order valence-corrected chi connectivity index (χ2v) is 5.67. The van der Waals surface area contributed by atoms with Gasteiger partial charge in [0, 0.05) is 17.8 Å². The highest BCUT2D eigenvalue weighted by Crippen LogP contribution is 2.24. The highest BCUT2D eigenvalue weighted by atomic mass is 16.2. The third-order valence-corrected chi connectivity index (χ3v) is 3.74. The van der Waals surface area contributed by atoms with Gasteiger partial charge in [0.15, 0.2) is 0 Å². The summed E-state index contributed by atoms with van der Waals surface area (Å²) in [5.74, 6) is 0.189. The third kappa shape index (κ3) is 2.84. The Morgan fingerprint density at radius 1 is 1.44 bits per heavy atom. The maximum atomic E-state index is 12.2. The Labute approximate surface area is 109 Å². The molecular weight excluding hydrogens is 224 g/mol. The quantitative estimate of drug-likeness (QED) is 0.860. The van der Waals surface area contributed by atoms with Gasteiger partial charge in [-0.25, -0.2) is 0 Å². The molecule has 1 aliphatic rings. The van der Waals surface area contributed by atoms with Gasteiger partial charge in [-0.1, -0.05) is 25.1 Å². The SMILES string of the molecule is CCC(C)(C)NC(=O)C1CNc2ccccc2C1. The van der Waals surface area contributed by atoms with E-state index >= 15 is 0 Å². The van der Waals surface area contributed by atoms with Crippen LogP contribution in [0.1, 0.15) is 32.8 Å². The van der Waals surface area contributed by atoms with Crippen LogP contribution in [0.5, 0.6) is 0 Å². The molecule has 3 nitrogen and oxygen atoms in total. The maximum absolute atomic E-state index is 12.2. The van der Waals surface area contributed by atoms with Crippen LogP contribution in [-0.2, 0) is 11.2 Å². The average Bonchev–Trinajstić information content (AvgIpc) is 2.37. The molecule has 1 amide bonds. The van der Waals surface area contributed by atoms with Crippen molar-refractivity contribution in [3.8, 4) is 0 Å². The Morgan fingerprint density at radius 3 is 2.89 bits per heavy atom. The minimum atomic E-state index is -0.117. The zero-order valence-corrected chi connectivity index (χ0v) is 11.4. The van der Waals surface area contributed by atoms with Gasteiger partial charge < -0.3 is 10.6 Å². The lowest BCUT2D eigenvalue weighted by Crippen LogP contribution is -2.48. The van der Waals surface area contributed by atoms with Gasteiger partial charge in [0.1, 0.15) is 0 Å². The molecule has 0 radical (unpaired) electrons. The minimum Gasteiger partial charge on any atom is -0.384 e. The van der Waals surface area contributed by atoms with Crippen molar-refractivity contribution in [3.63, 3.8) is 0 Å². The van der Waals surface area contributed by atoms with Gasteiger partial charge in [0.25, 0.3) is 0 Å². The van der Waals surface area contributed by atoms with E-state index in [9.17, 15) is 4.79 Å². The standard InChI is InChI=1S/C15H22N2O/c1-4-15(2,3)17-14(18)12-9-11-7-5-6-8-13(11)16-10-12/h5-8,12,16H,4,9-10H2,1-3H3,(H,17,18). The molecule has 0 bridgehead atoms. The fourth-order valence-corrected chi connectivity index (χ4v) is 2.15. The van der Waals surface area contributed by atoms with Crippen LogP contribution in [0.4, 0.5) is 5.69 Å². The molecule has 1 heterocycles. The van der Waals surface area contributed by atoms with Crippen molar-refractivity contribution in [1.29, 1.82) is 0 Å². The number of amides is 1. The molecule has 0 saturated heterocycles. The molecule has 3 heteroatoms. The van der Waals surface area contributed by atoms with Crippen LogP contribution < -0.4 is 10.6 Å². The summed E-state index contributed by atoms with van der Waals surface area (Å²) < 4.78 is 0. The molecule has 0 saturated carbocycles. The lowest BCUT2D eigenvalue weighted by atomic mass is 9.92. The topological polar surface area (TPSA) is 41.1 Å².